The van der Waals surface area contributed by atoms with Crippen LogP contribution in [0.4, 0.5) is 0 Å². The Morgan fingerprint density at radius 3 is 2.73 bits per heavy atom. The molecule has 0 aliphatic heterocycles. The van der Waals surface area contributed by atoms with Crippen molar-refractivity contribution in [3.8, 4) is 0 Å². The second-order valence-electron chi connectivity index (χ2n) is 6.44. The maximum atomic E-state index is 13.1. The van der Waals surface area contributed by atoms with Crippen molar-refractivity contribution in [2.24, 2.45) is 0 Å². The highest BCUT2D eigenvalue weighted by Gasteiger charge is 2.40. The molecule has 4 rings (SSSR count). The van der Waals surface area contributed by atoms with Gasteiger partial charge in [-0.2, -0.15) is 0 Å². The summed E-state index contributed by atoms with van der Waals surface area (Å²) in [5.41, 5.74) is 3.46. The molecule has 0 bridgehead atoms. The summed E-state index contributed by atoms with van der Waals surface area (Å²) in [5, 5.41) is 0. The van der Waals surface area contributed by atoms with E-state index in [1.807, 2.05) is 13.0 Å². The number of rotatable bonds is 3. The summed E-state index contributed by atoms with van der Waals surface area (Å²) in [5.74, 6) is 0.857. The lowest BCUT2D eigenvalue weighted by molar-refractivity contribution is 0.0636. The van der Waals surface area contributed by atoms with Crippen molar-refractivity contribution in [2.45, 2.75) is 51.1 Å². The molecule has 1 amide bonds. The highest BCUT2D eigenvalue weighted by atomic mass is 16.3. The first-order valence-electron chi connectivity index (χ1n) is 8.20. The summed E-state index contributed by atoms with van der Waals surface area (Å²) < 4.78 is 5.35. The fourth-order valence-electron chi connectivity index (χ4n) is 3.68. The van der Waals surface area contributed by atoms with Crippen LogP contribution in [0.5, 0.6) is 0 Å². The largest absolute Gasteiger partial charge is 0.469 e. The van der Waals surface area contributed by atoms with Gasteiger partial charge in [0.2, 0.25) is 0 Å². The van der Waals surface area contributed by atoms with Crippen molar-refractivity contribution >= 4 is 5.91 Å². The van der Waals surface area contributed by atoms with Crippen molar-refractivity contribution in [3.05, 3.63) is 59.0 Å². The van der Waals surface area contributed by atoms with Crippen LogP contribution in [0, 0.1) is 6.92 Å². The van der Waals surface area contributed by atoms with Gasteiger partial charge >= 0.3 is 0 Å². The molecular formula is C19H21NO2. The number of nitrogens with zero attached hydrogens (tertiary/aromatic N) is 1. The molecule has 3 heteroatoms. The fourth-order valence-corrected chi connectivity index (χ4v) is 3.68. The predicted molar refractivity (Wildman–Crippen MR) is 84.8 cm³/mol. The lowest BCUT2D eigenvalue weighted by Gasteiger charge is -2.36. The van der Waals surface area contributed by atoms with Gasteiger partial charge in [0.25, 0.3) is 5.91 Å². The Labute approximate surface area is 130 Å². The average molecular weight is 295 g/mol. The Bertz CT molecular complexity index is 699. The van der Waals surface area contributed by atoms with Crippen molar-refractivity contribution < 1.29 is 9.21 Å². The molecule has 1 atom stereocenters. The topological polar surface area (TPSA) is 33.5 Å². The van der Waals surface area contributed by atoms with Crippen LogP contribution in [0.3, 0.4) is 0 Å². The first-order chi connectivity index (χ1) is 10.8. The quantitative estimate of drug-likeness (QED) is 0.847. The molecule has 2 aliphatic rings. The molecule has 1 fully saturated rings. The number of hydrogen-bond donors (Lipinski definition) is 0. The molecule has 0 radical (unpaired) electrons. The van der Waals surface area contributed by atoms with E-state index in [9.17, 15) is 4.79 Å². The van der Waals surface area contributed by atoms with Gasteiger partial charge in [0.05, 0.1) is 17.9 Å². The lowest BCUT2D eigenvalue weighted by atomic mass is 9.86. The minimum Gasteiger partial charge on any atom is -0.469 e. The smallest absolute Gasteiger partial charge is 0.258 e. The molecule has 0 saturated heterocycles. The Morgan fingerprint density at radius 2 is 2.00 bits per heavy atom. The first-order valence-corrected chi connectivity index (χ1v) is 8.20. The van der Waals surface area contributed by atoms with Gasteiger partial charge in [0.15, 0.2) is 0 Å². The minimum absolute atomic E-state index is 0.135. The third-order valence-electron chi connectivity index (χ3n) is 4.94. The normalized spacial score (nSPS) is 20.5. The van der Waals surface area contributed by atoms with Crippen LogP contribution < -0.4 is 0 Å². The SMILES string of the molecule is Cc1occc1C(=O)N(C1CC1)[C@H]1CCCc2ccccc21. The maximum absolute atomic E-state index is 13.1. The minimum atomic E-state index is 0.135. The molecular weight excluding hydrogens is 274 g/mol. The van der Waals surface area contributed by atoms with E-state index < -0.39 is 0 Å². The molecule has 0 N–H and O–H groups in total. The lowest BCUT2D eigenvalue weighted by Crippen LogP contribution is -2.38. The van der Waals surface area contributed by atoms with Crippen LogP contribution in [-0.4, -0.2) is 16.8 Å². The summed E-state index contributed by atoms with van der Waals surface area (Å²) in [6.07, 6.45) is 7.22. The molecule has 1 aromatic carbocycles. The van der Waals surface area contributed by atoms with Gasteiger partial charge < -0.3 is 9.32 Å². The van der Waals surface area contributed by atoms with Crippen LogP contribution in [0.2, 0.25) is 0 Å². The summed E-state index contributed by atoms with van der Waals surface area (Å²) in [4.78, 5) is 15.2. The standard InChI is InChI=1S/C19H21NO2/c1-13-16(11-12-22-13)19(21)20(15-9-10-15)18-8-4-6-14-5-2-3-7-17(14)18/h2-3,5,7,11-12,15,18H,4,6,8-10H2,1H3/t18-/m0/s1. The van der Waals surface area contributed by atoms with E-state index in [1.54, 1.807) is 6.26 Å². The monoisotopic (exact) mass is 295 g/mol. The Kier molecular flexibility index (Phi) is 3.29. The first kappa shape index (κ1) is 13.6. The Balaban J connectivity index is 1.72. The maximum Gasteiger partial charge on any atom is 0.258 e. The van der Waals surface area contributed by atoms with Crippen LogP contribution in [0.1, 0.15) is 59.0 Å². The Morgan fingerprint density at radius 1 is 1.18 bits per heavy atom. The summed E-state index contributed by atoms with van der Waals surface area (Å²) in [7, 11) is 0. The van der Waals surface area contributed by atoms with E-state index in [0.717, 1.165) is 43.4 Å². The molecule has 22 heavy (non-hydrogen) atoms. The van der Waals surface area contributed by atoms with E-state index >= 15 is 0 Å². The zero-order valence-electron chi connectivity index (χ0n) is 12.9. The van der Waals surface area contributed by atoms with Gasteiger partial charge in [-0.15, -0.1) is 0 Å². The van der Waals surface area contributed by atoms with E-state index in [-0.39, 0.29) is 11.9 Å². The number of carbonyl (C=O) groups excluding carboxylic acids is 1. The Hall–Kier alpha value is -2.03. The van der Waals surface area contributed by atoms with Crippen molar-refractivity contribution in [1.82, 2.24) is 4.90 Å². The molecule has 0 unspecified atom stereocenters. The fraction of sp³-hybridized carbons (Fsp3) is 0.421. The van der Waals surface area contributed by atoms with Gasteiger partial charge in [0, 0.05) is 6.04 Å². The highest BCUT2D eigenvalue weighted by molar-refractivity contribution is 5.95. The van der Waals surface area contributed by atoms with E-state index in [2.05, 4.69) is 29.2 Å². The van der Waals surface area contributed by atoms with E-state index in [0.29, 0.717) is 6.04 Å². The average Bonchev–Trinajstić information content (AvgIpc) is 3.28. The van der Waals surface area contributed by atoms with Crippen molar-refractivity contribution in [2.75, 3.05) is 0 Å². The number of furan rings is 1. The second-order valence-corrected chi connectivity index (χ2v) is 6.44. The molecule has 2 aliphatic carbocycles. The van der Waals surface area contributed by atoms with Crippen LogP contribution in [0.25, 0.3) is 0 Å². The molecule has 1 saturated carbocycles. The molecule has 3 nitrogen and oxygen atoms in total. The van der Waals surface area contributed by atoms with Crippen LogP contribution >= 0.6 is 0 Å². The second kappa shape index (κ2) is 5.31. The van der Waals surface area contributed by atoms with Crippen molar-refractivity contribution in [1.29, 1.82) is 0 Å². The number of carbonyl (C=O) groups is 1. The molecule has 2 aromatic rings. The molecule has 114 valence electrons. The number of fused-ring (bicyclic) bond motifs is 1. The summed E-state index contributed by atoms with van der Waals surface area (Å²) in [6.45, 7) is 1.87. The number of amides is 1. The predicted octanol–water partition coefficient (Wildman–Crippen LogP) is 4.27. The van der Waals surface area contributed by atoms with Crippen LogP contribution in [0.15, 0.2) is 41.0 Å². The third-order valence-corrected chi connectivity index (χ3v) is 4.94. The van der Waals surface area contributed by atoms with Gasteiger partial charge in [-0.25, -0.2) is 0 Å². The number of hydrogen-bond acceptors (Lipinski definition) is 2. The van der Waals surface area contributed by atoms with Crippen LogP contribution in [-0.2, 0) is 6.42 Å². The highest BCUT2D eigenvalue weighted by Crippen LogP contribution is 2.41. The third kappa shape index (κ3) is 2.25. The number of benzene rings is 1. The van der Waals surface area contributed by atoms with Gasteiger partial charge in [-0.3, -0.25) is 4.79 Å². The van der Waals surface area contributed by atoms with Gasteiger partial charge in [0.1, 0.15) is 5.76 Å². The zero-order valence-corrected chi connectivity index (χ0v) is 12.9. The van der Waals surface area contributed by atoms with E-state index in [1.165, 1.54) is 11.1 Å². The van der Waals surface area contributed by atoms with Crippen molar-refractivity contribution in [3.63, 3.8) is 0 Å². The summed E-state index contributed by atoms with van der Waals surface area (Å²) >= 11 is 0. The van der Waals surface area contributed by atoms with Gasteiger partial charge in [-0.05, 0) is 56.2 Å². The number of aryl methyl sites for hydroxylation is 2. The molecule has 1 aromatic heterocycles. The molecule has 1 heterocycles. The summed E-state index contributed by atoms with van der Waals surface area (Å²) in [6, 6.07) is 11.0. The van der Waals surface area contributed by atoms with Gasteiger partial charge in [-0.1, -0.05) is 24.3 Å². The zero-order chi connectivity index (χ0) is 15.1. The van der Waals surface area contributed by atoms with E-state index in [4.69, 9.17) is 4.42 Å². The molecule has 0 spiro atoms.